The van der Waals surface area contributed by atoms with Crippen molar-refractivity contribution < 1.29 is 28.6 Å². The van der Waals surface area contributed by atoms with Crippen molar-refractivity contribution in [1.29, 1.82) is 0 Å². The molecule has 35 heavy (non-hydrogen) atoms. The molecule has 0 spiro atoms. The molecule has 1 N–H and O–H groups in total. The van der Waals surface area contributed by atoms with Crippen molar-refractivity contribution in [1.82, 2.24) is 9.88 Å². The maximum absolute atomic E-state index is 13.7. The number of carbonyl (C=O) groups excluding carboxylic acids is 2. The van der Waals surface area contributed by atoms with Crippen molar-refractivity contribution in [3.63, 3.8) is 0 Å². The lowest BCUT2D eigenvalue weighted by Crippen LogP contribution is -2.29. The fourth-order valence-electron chi connectivity index (χ4n) is 4.01. The van der Waals surface area contributed by atoms with Crippen LogP contribution < -0.4 is 9.47 Å². The molecule has 0 saturated carbocycles. The minimum Gasteiger partial charge on any atom is -0.507 e. The van der Waals surface area contributed by atoms with Crippen molar-refractivity contribution in [2.45, 2.75) is 12.6 Å². The van der Waals surface area contributed by atoms with Gasteiger partial charge in [0.15, 0.2) is 11.5 Å². The van der Waals surface area contributed by atoms with E-state index in [1.807, 2.05) is 0 Å². The fraction of sp³-hybridized carbons (Fsp3) is 0.160. The van der Waals surface area contributed by atoms with Gasteiger partial charge in [-0.15, -0.1) is 0 Å². The minimum absolute atomic E-state index is 0.00248. The second kappa shape index (κ2) is 9.93. The van der Waals surface area contributed by atoms with E-state index in [4.69, 9.17) is 32.7 Å². The van der Waals surface area contributed by atoms with Crippen molar-refractivity contribution >= 4 is 40.7 Å². The molecule has 1 aliphatic rings. The van der Waals surface area contributed by atoms with E-state index in [1.165, 1.54) is 49.5 Å². The second-order valence-corrected chi connectivity index (χ2v) is 8.41. The van der Waals surface area contributed by atoms with E-state index >= 15 is 0 Å². The van der Waals surface area contributed by atoms with Crippen LogP contribution in [0.3, 0.4) is 0 Å². The van der Waals surface area contributed by atoms with E-state index in [9.17, 15) is 19.1 Å². The van der Waals surface area contributed by atoms with Gasteiger partial charge >= 0.3 is 0 Å². The number of amides is 1. The Morgan fingerprint density at radius 2 is 1.69 bits per heavy atom. The number of hydrogen-bond acceptors (Lipinski definition) is 6. The van der Waals surface area contributed by atoms with Crippen molar-refractivity contribution in [2.24, 2.45) is 0 Å². The number of aromatic nitrogens is 1. The Morgan fingerprint density at radius 1 is 1.06 bits per heavy atom. The first-order chi connectivity index (χ1) is 16.8. The highest BCUT2D eigenvalue weighted by molar-refractivity contribution is 6.47. The molecule has 3 aromatic rings. The Morgan fingerprint density at radius 3 is 2.29 bits per heavy atom. The number of pyridine rings is 1. The number of hydrogen-bond donors (Lipinski definition) is 1. The smallest absolute Gasteiger partial charge is 0.295 e. The molecule has 10 heteroatoms. The summed E-state index contributed by atoms with van der Waals surface area (Å²) in [4.78, 5) is 31.6. The molecule has 1 atom stereocenters. The van der Waals surface area contributed by atoms with Crippen LogP contribution in [0.2, 0.25) is 10.0 Å². The van der Waals surface area contributed by atoms with Crippen LogP contribution >= 0.6 is 23.2 Å². The lowest BCUT2D eigenvalue weighted by molar-refractivity contribution is -0.140. The molecule has 1 saturated heterocycles. The summed E-state index contributed by atoms with van der Waals surface area (Å²) in [5.74, 6) is -2.66. The van der Waals surface area contributed by atoms with Crippen molar-refractivity contribution in [3.05, 3.63) is 93.0 Å². The lowest BCUT2D eigenvalue weighted by atomic mass is 9.94. The zero-order chi connectivity index (χ0) is 25.3. The first-order valence-corrected chi connectivity index (χ1v) is 11.1. The van der Waals surface area contributed by atoms with Gasteiger partial charge in [0.25, 0.3) is 11.7 Å². The van der Waals surface area contributed by atoms with E-state index in [0.717, 1.165) is 0 Å². The number of ketones is 1. The van der Waals surface area contributed by atoms with Gasteiger partial charge in [-0.05, 0) is 41.5 Å². The quantitative estimate of drug-likeness (QED) is 0.276. The standard InChI is InChI=1S/C25H19Cl2FN2O5/c1-34-23-16(11-17(26)24(35-2)19(23)27)21(31)18-20(14-3-5-15(28)6-4-14)30(25(33)22(18)32)12-13-7-9-29-10-8-13/h3-11,20,31H,12H2,1-2H3/b21-18+. The van der Waals surface area contributed by atoms with Crippen LogP contribution in [0.1, 0.15) is 22.7 Å². The summed E-state index contributed by atoms with van der Waals surface area (Å²) in [6.45, 7) is 0.0488. The van der Waals surface area contributed by atoms with Crippen LogP contribution in [0, 0.1) is 5.82 Å². The van der Waals surface area contributed by atoms with E-state index in [0.29, 0.717) is 11.1 Å². The fourth-order valence-corrected chi connectivity index (χ4v) is 4.70. The van der Waals surface area contributed by atoms with Crippen molar-refractivity contribution in [2.75, 3.05) is 14.2 Å². The van der Waals surface area contributed by atoms with Gasteiger partial charge in [0.05, 0.1) is 36.4 Å². The molecule has 2 aromatic carbocycles. The van der Waals surface area contributed by atoms with Gasteiger partial charge in [-0.3, -0.25) is 14.6 Å². The van der Waals surface area contributed by atoms with E-state index in [-0.39, 0.29) is 39.2 Å². The van der Waals surface area contributed by atoms with Gasteiger partial charge in [0, 0.05) is 18.9 Å². The first-order valence-electron chi connectivity index (χ1n) is 10.3. The van der Waals surface area contributed by atoms with Crippen LogP contribution in [0.25, 0.3) is 5.76 Å². The Kier molecular flexibility index (Phi) is 6.95. The Hall–Kier alpha value is -3.62. The second-order valence-electron chi connectivity index (χ2n) is 7.62. The molecule has 4 rings (SSSR count). The maximum atomic E-state index is 13.7. The molecule has 0 aliphatic carbocycles. The summed E-state index contributed by atoms with van der Waals surface area (Å²) in [6, 6.07) is 9.03. The number of rotatable bonds is 6. The summed E-state index contributed by atoms with van der Waals surface area (Å²) >= 11 is 12.6. The summed E-state index contributed by atoms with van der Waals surface area (Å²) in [5, 5.41) is 11.4. The molecule has 0 radical (unpaired) electrons. The van der Waals surface area contributed by atoms with Gasteiger partial charge in [-0.25, -0.2) is 4.39 Å². The van der Waals surface area contributed by atoms with E-state index in [2.05, 4.69) is 4.98 Å². The Bertz CT molecular complexity index is 1330. The molecule has 2 heterocycles. The number of halogens is 3. The molecule has 180 valence electrons. The predicted molar refractivity (Wildman–Crippen MR) is 128 cm³/mol. The van der Waals surface area contributed by atoms with Gasteiger partial charge in [0.2, 0.25) is 0 Å². The zero-order valence-electron chi connectivity index (χ0n) is 18.6. The first kappa shape index (κ1) is 24.5. The highest BCUT2D eigenvalue weighted by atomic mass is 35.5. The average Bonchev–Trinajstić information content (AvgIpc) is 3.09. The molecule has 1 fully saturated rings. The number of aliphatic hydroxyl groups excluding tert-OH is 1. The third kappa shape index (κ3) is 4.42. The van der Waals surface area contributed by atoms with Crippen LogP contribution in [-0.2, 0) is 16.1 Å². The lowest BCUT2D eigenvalue weighted by Gasteiger charge is -2.25. The number of ether oxygens (including phenoxy) is 2. The Balaban J connectivity index is 1.94. The topological polar surface area (TPSA) is 89.0 Å². The maximum Gasteiger partial charge on any atom is 0.295 e. The zero-order valence-corrected chi connectivity index (χ0v) is 20.1. The summed E-state index contributed by atoms with van der Waals surface area (Å²) in [5.41, 5.74) is 0.914. The molecular formula is C25H19Cl2FN2O5. The Labute approximate surface area is 210 Å². The van der Waals surface area contributed by atoms with Crippen LogP contribution in [0.15, 0.2) is 60.4 Å². The van der Waals surface area contributed by atoms with Gasteiger partial charge in [0.1, 0.15) is 16.6 Å². The molecule has 1 unspecified atom stereocenters. The number of carbonyl (C=O) groups is 2. The van der Waals surface area contributed by atoms with Crippen LogP contribution in [0.5, 0.6) is 11.5 Å². The molecule has 1 amide bonds. The van der Waals surface area contributed by atoms with Crippen molar-refractivity contribution in [3.8, 4) is 11.5 Å². The van der Waals surface area contributed by atoms with E-state index in [1.54, 1.807) is 24.5 Å². The van der Waals surface area contributed by atoms with Gasteiger partial charge < -0.3 is 19.5 Å². The minimum atomic E-state index is -1.02. The molecule has 1 aliphatic heterocycles. The average molecular weight is 517 g/mol. The van der Waals surface area contributed by atoms with Crippen LogP contribution in [-0.4, -0.2) is 40.9 Å². The number of likely N-dealkylation sites (tertiary alicyclic amines) is 1. The number of benzene rings is 2. The van der Waals surface area contributed by atoms with Gasteiger partial charge in [-0.1, -0.05) is 35.3 Å². The summed E-state index contributed by atoms with van der Waals surface area (Å²) < 4.78 is 24.2. The van der Waals surface area contributed by atoms with Gasteiger partial charge in [-0.2, -0.15) is 0 Å². The third-order valence-electron chi connectivity index (χ3n) is 5.62. The molecular weight excluding hydrogens is 498 g/mol. The number of methoxy groups -OCH3 is 2. The van der Waals surface area contributed by atoms with E-state index < -0.39 is 29.3 Å². The summed E-state index contributed by atoms with van der Waals surface area (Å²) in [7, 11) is 2.69. The third-order valence-corrected chi connectivity index (χ3v) is 6.25. The normalized spacial score (nSPS) is 17.1. The summed E-state index contributed by atoms with van der Waals surface area (Å²) in [6.07, 6.45) is 3.12. The predicted octanol–water partition coefficient (Wildman–Crippen LogP) is 5.17. The SMILES string of the molecule is COc1c(Cl)cc(/C(O)=C2\C(=O)C(=O)N(Cc3ccncc3)C2c2ccc(F)cc2)c(OC)c1Cl. The largest absolute Gasteiger partial charge is 0.507 e. The highest BCUT2D eigenvalue weighted by Gasteiger charge is 2.46. The molecule has 1 aromatic heterocycles. The number of nitrogens with zero attached hydrogens (tertiary/aromatic N) is 2. The highest BCUT2D eigenvalue weighted by Crippen LogP contribution is 2.47. The molecule has 7 nitrogen and oxygen atoms in total. The molecule has 0 bridgehead atoms. The monoisotopic (exact) mass is 516 g/mol. The van der Waals surface area contributed by atoms with Crippen LogP contribution in [0.4, 0.5) is 4.39 Å². The number of aliphatic hydroxyl groups is 1. The number of Topliss-reactive ketones (excluding diaryl/α,β-unsaturated/α-hetero) is 1.